The summed E-state index contributed by atoms with van der Waals surface area (Å²) in [4.78, 5) is 10.7. The summed E-state index contributed by atoms with van der Waals surface area (Å²) >= 11 is 0. The van der Waals surface area contributed by atoms with E-state index in [1.54, 1.807) is 7.11 Å². The summed E-state index contributed by atoms with van der Waals surface area (Å²) in [5.74, 6) is 0. The molecule has 1 atom stereocenters. The molecule has 81 valence electrons. The van der Waals surface area contributed by atoms with Crippen molar-refractivity contribution in [1.82, 2.24) is 0 Å². The number of methoxy groups -OCH3 is 1. The molecule has 0 N–H and O–H groups in total. The Morgan fingerprint density at radius 3 is 2.36 bits per heavy atom. The van der Waals surface area contributed by atoms with Crippen molar-refractivity contribution in [3.05, 3.63) is 0 Å². The van der Waals surface area contributed by atoms with Gasteiger partial charge in [0.15, 0.2) is 0 Å². The van der Waals surface area contributed by atoms with E-state index in [-0.39, 0.29) is 38.8 Å². The average Bonchev–Trinajstić information content (AvgIpc) is 2.12. The molecular weight excluding hydrogens is 257 g/mol. The molecule has 14 heavy (non-hydrogen) atoms. The zero-order chi connectivity index (χ0) is 10.3. The Morgan fingerprint density at radius 2 is 2.00 bits per heavy atom. The quantitative estimate of drug-likeness (QED) is 0.662. The van der Waals surface area contributed by atoms with Gasteiger partial charge in [-0.1, -0.05) is 13.8 Å². The Kier molecular flexibility index (Phi) is 10.9. The molecule has 0 bridgehead atoms. The molecule has 0 aromatic heterocycles. The maximum absolute atomic E-state index is 10.7. The second-order valence-electron chi connectivity index (χ2n) is 3.55. The largest absolute Gasteiger partial charge is 0.541 e. The zero-order valence-corrected chi connectivity index (χ0v) is 12.3. The van der Waals surface area contributed by atoms with Crippen molar-refractivity contribution in [2.75, 3.05) is 20.3 Å². The first-order valence-electron chi connectivity index (χ1n) is 4.58. The van der Waals surface area contributed by atoms with Crippen LogP contribution in [0.4, 0.5) is 0 Å². The monoisotopic (exact) mass is 276 g/mol. The summed E-state index contributed by atoms with van der Waals surface area (Å²) in [6, 6.07) is 0. The van der Waals surface area contributed by atoms with Gasteiger partial charge < -0.3 is 14.3 Å². The molecule has 3 nitrogen and oxygen atoms in total. The van der Waals surface area contributed by atoms with Crippen LogP contribution in [0.1, 0.15) is 27.2 Å². The molecule has 0 rings (SSSR count). The van der Waals surface area contributed by atoms with Gasteiger partial charge in [0.25, 0.3) is 0 Å². The van der Waals surface area contributed by atoms with Crippen LogP contribution < -0.4 is 0 Å². The van der Waals surface area contributed by atoms with E-state index in [1.807, 2.05) is 27.1 Å². The van der Waals surface area contributed by atoms with Gasteiger partial charge >= 0.3 is 0 Å². The zero-order valence-electron chi connectivity index (χ0n) is 9.50. The normalized spacial score (nSPS) is 13.1. The summed E-state index contributed by atoms with van der Waals surface area (Å²) in [6.45, 7) is 6.79. The predicted molar refractivity (Wildman–Crippen MR) is 51.4 cm³/mol. The molecule has 0 amide bonds. The molecule has 0 heterocycles. The SMILES string of the molecule is CCO[C@@H](CCOC)C(C)(C)[C-]=O.[Y]. The molecule has 0 spiro atoms. The molecular formula is C10H19O3Y-. The van der Waals surface area contributed by atoms with Crippen LogP contribution in [0.5, 0.6) is 0 Å². The molecule has 0 saturated carbocycles. The van der Waals surface area contributed by atoms with E-state index in [9.17, 15) is 4.79 Å². The first-order valence-corrected chi connectivity index (χ1v) is 4.58. The van der Waals surface area contributed by atoms with Crippen LogP contribution in [0.2, 0.25) is 0 Å². The second kappa shape index (κ2) is 8.96. The number of rotatable bonds is 7. The third-order valence-electron chi connectivity index (χ3n) is 2.02. The van der Waals surface area contributed by atoms with Crippen molar-refractivity contribution in [3.63, 3.8) is 0 Å². The van der Waals surface area contributed by atoms with E-state index in [0.717, 1.165) is 6.42 Å². The van der Waals surface area contributed by atoms with Crippen LogP contribution in [0.15, 0.2) is 0 Å². The fourth-order valence-electron chi connectivity index (χ4n) is 1.14. The molecule has 0 aliphatic rings. The molecule has 4 heteroatoms. The minimum Gasteiger partial charge on any atom is -0.541 e. The minimum atomic E-state index is -0.547. The van der Waals surface area contributed by atoms with Crippen molar-refractivity contribution in [2.24, 2.45) is 5.41 Å². The predicted octanol–water partition coefficient (Wildman–Crippen LogP) is 1.56. The maximum atomic E-state index is 10.7. The van der Waals surface area contributed by atoms with E-state index in [1.165, 1.54) is 0 Å². The second-order valence-corrected chi connectivity index (χ2v) is 3.55. The van der Waals surface area contributed by atoms with Crippen LogP contribution in [0.3, 0.4) is 0 Å². The van der Waals surface area contributed by atoms with Crippen LogP contribution in [-0.2, 0) is 47.0 Å². The van der Waals surface area contributed by atoms with Gasteiger partial charge in [0, 0.05) is 59.1 Å². The fourth-order valence-corrected chi connectivity index (χ4v) is 1.14. The first kappa shape index (κ1) is 17.1. The summed E-state index contributed by atoms with van der Waals surface area (Å²) in [7, 11) is 1.64. The van der Waals surface area contributed by atoms with Gasteiger partial charge in [-0.3, -0.25) is 6.29 Å². The van der Waals surface area contributed by atoms with Crippen molar-refractivity contribution >= 4 is 6.29 Å². The standard InChI is InChI=1S/C10H19O3.Y/c1-5-13-9(6-7-12-4)10(2,3)8-11;/h9H,5-7H2,1-4H3;/q-1;/t9-;/m0./s1. The van der Waals surface area contributed by atoms with Gasteiger partial charge in [-0.25, -0.2) is 0 Å². The summed E-state index contributed by atoms with van der Waals surface area (Å²) in [5.41, 5.74) is -0.547. The van der Waals surface area contributed by atoms with E-state index in [0.29, 0.717) is 13.2 Å². The molecule has 0 aromatic rings. The van der Waals surface area contributed by atoms with Gasteiger partial charge in [0.1, 0.15) is 0 Å². The van der Waals surface area contributed by atoms with Crippen LogP contribution >= 0.6 is 0 Å². The van der Waals surface area contributed by atoms with E-state index < -0.39 is 5.41 Å². The molecule has 0 aliphatic heterocycles. The summed E-state index contributed by atoms with van der Waals surface area (Å²) in [6.07, 6.45) is 2.63. The number of hydrogen-bond donors (Lipinski definition) is 0. The van der Waals surface area contributed by atoms with E-state index >= 15 is 0 Å². The van der Waals surface area contributed by atoms with Gasteiger partial charge in [0.2, 0.25) is 0 Å². The van der Waals surface area contributed by atoms with Crippen molar-refractivity contribution in [1.29, 1.82) is 0 Å². The Hall–Kier alpha value is 0.694. The summed E-state index contributed by atoms with van der Waals surface area (Å²) < 4.78 is 10.4. The Morgan fingerprint density at radius 1 is 1.43 bits per heavy atom. The molecule has 0 aliphatic carbocycles. The van der Waals surface area contributed by atoms with Gasteiger partial charge in [0.05, 0.1) is 0 Å². The molecule has 0 unspecified atom stereocenters. The van der Waals surface area contributed by atoms with Gasteiger partial charge in [-0.05, 0) is 13.3 Å². The number of hydrogen-bond acceptors (Lipinski definition) is 3. The van der Waals surface area contributed by atoms with Crippen LogP contribution in [-0.4, -0.2) is 32.7 Å². The molecule has 1 radical (unpaired) electrons. The van der Waals surface area contributed by atoms with Crippen LogP contribution in [0, 0.1) is 5.41 Å². The Bertz CT molecular complexity index is 148. The molecule has 0 fully saturated rings. The fraction of sp³-hybridized carbons (Fsp3) is 0.900. The third-order valence-corrected chi connectivity index (χ3v) is 2.02. The number of ether oxygens (including phenoxy) is 2. The van der Waals surface area contributed by atoms with Crippen molar-refractivity contribution in [3.8, 4) is 0 Å². The topological polar surface area (TPSA) is 35.5 Å². The van der Waals surface area contributed by atoms with Crippen LogP contribution in [0.25, 0.3) is 0 Å². The average molecular weight is 276 g/mol. The van der Waals surface area contributed by atoms with E-state index in [4.69, 9.17) is 9.47 Å². The third kappa shape index (κ3) is 6.23. The minimum absolute atomic E-state index is 0. The smallest absolute Gasteiger partial charge is 0.0486 e. The van der Waals surface area contributed by atoms with Crippen molar-refractivity contribution in [2.45, 2.75) is 33.3 Å². The first-order chi connectivity index (χ1) is 6.08. The molecule has 0 aromatic carbocycles. The summed E-state index contributed by atoms with van der Waals surface area (Å²) in [5, 5.41) is 0. The Labute approximate surface area is 112 Å². The molecule has 0 saturated heterocycles. The van der Waals surface area contributed by atoms with Crippen molar-refractivity contribution < 1.29 is 47.0 Å². The van der Waals surface area contributed by atoms with E-state index in [2.05, 4.69) is 0 Å². The van der Waals surface area contributed by atoms with Gasteiger partial charge in [-0.2, -0.15) is 0 Å². The maximum Gasteiger partial charge on any atom is 0.0486 e. The number of carbonyl (C=O) groups excluding carboxylic acids is 1. The Balaban J connectivity index is 0. The van der Waals surface area contributed by atoms with Gasteiger partial charge in [-0.15, -0.1) is 5.41 Å².